The molecule has 0 aliphatic heterocycles. The van der Waals surface area contributed by atoms with E-state index in [-0.39, 0.29) is 11.1 Å². The molecule has 0 saturated carbocycles. The first kappa shape index (κ1) is 34.3. The molecule has 0 rings (SSSR count). The summed E-state index contributed by atoms with van der Waals surface area (Å²) >= 11 is 0. The Bertz CT molecular complexity index is 707. The van der Waals surface area contributed by atoms with Crippen molar-refractivity contribution in [3.05, 3.63) is 12.2 Å². The highest BCUT2D eigenvalue weighted by Gasteiger charge is 2.54. The Labute approximate surface area is 216 Å². The predicted octanol–water partition coefficient (Wildman–Crippen LogP) is 7.09. The van der Waals surface area contributed by atoms with Gasteiger partial charge in [0.2, 0.25) is 0 Å². The van der Waals surface area contributed by atoms with E-state index in [0.29, 0.717) is 5.57 Å². The Balaban J connectivity index is 5.73. The molecule has 0 atom stereocenters. The van der Waals surface area contributed by atoms with Crippen LogP contribution in [0.1, 0.15) is 34.6 Å². The fraction of sp³-hybridized carbons (Fsp3) is 0.857. The molecule has 34 heavy (non-hydrogen) atoms. The zero-order valence-corrected chi connectivity index (χ0v) is 30.7. The minimum absolute atomic E-state index is 0.0523. The number of rotatable bonds is 14. The zero-order valence-electron chi connectivity index (χ0n) is 24.7. The highest BCUT2D eigenvalue weighted by Crippen LogP contribution is 2.38. The lowest BCUT2D eigenvalue weighted by molar-refractivity contribution is -0.132. The first-order chi connectivity index (χ1) is 14.7. The maximum atomic E-state index is 12.5. The Morgan fingerprint density at radius 3 is 1.15 bits per heavy atom. The second kappa shape index (κ2) is 11.8. The van der Waals surface area contributed by atoms with E-state index < -0.39 is 57.1 Å². The molecule has 0 spiro atoms. The van der Waals surface area contributed by atoms with Crippen LogP contribution in [0.5, 0.6) is 0 Å². The Kier molecular flexibility index (Phi) is 11.9. The lowest BCUT2D eigenvalue weighted by Gasteiger charge is -2.45. The number of carbonyl (C=O) groups is 1. The van der Waals surface area contributed by atoms with Crippen molar-refractivity contribution in [2.45, 2.75) is 118 Å². The van der Waals surface area contributed by atoms with Gasteiger partial charge in [-0.3, -0.25) is 0 Å². The molecular weight excluding hydrogens is 533 g/mol. The number of hydrogen-bond acceptors (Lipinski definition) is 7. The molecule has 0 amide bonds. The van der Waals surface area contributed by atoms with Crippen LogP contribution in [0.3, 0.4) is 0 Å². The smallest absolute Gasteiger partial charge is 0.398 e. The van der Waals surface area contributed by atoms with Gasteiger partial charge in [0, 0.05) is 16.7 Å². The summed E-state index contributed by atoms with van der Waals surface area (Å²) in [5.41, 5.74) is 0.477. The summed E-state index contributed by atoms with van der Waals surface area (Å²) < 4.78 is 39.0. The second-order valence-electron chi connectivity index (χ2n) is 12.4. The zero-order chi connectivity index (χ0) is 27.6. The minimum atomic E-state index is -2.97. The van der Waals surface area contributed by atoms with Gasteiger partial charge in [0.25, 0.3) is 0 Å². The van der Waals surface area contributed by atoms with Gasteiger partial charge in [0.1, 0.15) is 0 Å². The van der Waals surface area contributed by atoms with Crippen LogP contribution in [-0.2, 0) is 29.8 Å². The molecule has 0 radical (unpaired) electrons. The summed E-state index contributed by atoms with van der Waals surface area (Å²) in [5.74, 6) is -0.400. The second-order valence-corrected chi connectivity index (χ2v) is 35.9. The van der Waals surface area contributed by atoms with Crippen molar-refractivity contribution in [3.8, 4) is 0 Å². The molecule has 0 fully saturated rings. The number of hydrogen-bond donors (Lipinski definition) is 0. The van der Waals surface area contributed by atoms with E-state index in [4.69, 9.17) is 25.0 Å². The first-order valence-electron chi connectivity index (χ1n) is 12.1. The fourth-order valence-corrected chi connectivity index (χ4v) is 34.0. The average Bonchev–Trinajstić information content (AvgIpc) is 2.46. The van der Waals surface area contributed by atoms with Crippen molar-refractivity contribution in [1.82, 2.24) is 0 Å². The van der Waals surface area contributed by atoms with Crippen LogP contribution < -0.4 is 0 Å². The van der Waals surface area contributed by atoms with Gasteiger partial charge in [0.15, 0.2) is 8.32 Å². The Morgan fingerprint density at radius 1 is 0.588 bits per heavy atom. The van der Waals surface area contributed by atoms with Crippen molar-refractivity contribution in [1.29, 1.82) is 0 Å². The van der Waals surface area contributed by atoms with Gasteiger partial charge in [-0.05, 0) is 78.9 Å². The van der Waals surface area contributed by atoms with E-state index in [1.54, 1.807) is 6.92 Å². The molecule has 0 saturated heterocycles. The molecule has 0 aromatic heterocycles. The van der Waals surface area contributed by atoms with Crippen molar-refractivity contribution < 1.29 is 29.8 Å². The van der Waals surface area contributed by atoms with E-state index in [9.17, 15) is 4.79 Å². The van der Waals surface area contributed by atoms with E-state index in [1.807, 2.05) is 26.2 Å². The SMILES string of the molecule is C=C(C)C(=O)O[Si](O[Si](C)(C)O[Si](C)(C)O[Si](C)(C)O[Si](C)(C)O[Si](C)(C)C)(C(C)C)C(C)C. The predicted molar refractivity (Wildman–Crippen MR) is 156 cm³/mol. The first-order valence-corrected chi connectivity index (χ1v) is 28.8. The van der Waals surface area contributed by atoms with Crippen LogP contribution in [0.15, 0.2) is 12.2 Å². The largest absolute Gasteiger partial charge is 0.491 e. The molecule has 0 aromatic rings. The quantitative estimate of drug-likeness (QED) is 0.159. The van der Waals surface area contributed by atoms with Crippen molar-refractivity contribution in [3.63, 3.8) is 0 Å². The van der Waals surface area contributed by atoms with Crippen molar-refractivity contribution in [2.24, 2.45) is 0 Å². The molecule has 0 N–H and O–H groups in total. The summed E-state index contributed by atoms with van der Waals surface area (Å²) in [7, 11) is -15.0. The van der Waals surface area contributed by atoms with Crippen LogP contribution in [0, 0.1) is 0 Å². The van der Waals surface area contributed by atoms with Crippen LogP contribution in [0.2, 0.25) is 83.1 Å². The van der Waals surface area contributed by atoms with Gasteiger partial charge in [-0.1, -0.05) is 34.3 Å². The van der Waals surface area contributed by atoms with E-state index in [2.05, 4.69) is 80.1 Å². The molecule has 0 unspecified atom stereocenters. The maximum Gasteiger partial charge on any atom is 0.398 e. The molecule has 0 aromatic carbocycles. The summed E-state index contributed by atoms with van der Waals surface area (Å²) in [6.07, 6.45) is 0. The van der Waals surface area contributed by atoms with Crippen LogP contribution in [0.25, 0.3) is 0 Å². The standard InChI is InChI=1S/C21H52O7Si6/c1-18(2)21(22)23-34(19(3)4,20(5)6)28-33(16,17)27-32(14,15)26-31(12,13)25-30(10,11)24-29(7,8)9/h19-20H,1H2,2-17H3. The van der Waals surface area contributed by atoms with Gasteiger partial charge in [-0.2, -0.15) is 0 Å². The van der Waals surface area contributed by atoms with Crippen LogP contribution >= 0.6 is 0 Å². The highest BCUT2D eigenvalue weighted by atomic mass is 28.5. The lowest BCUT2D eigenvalue weighted by atomic mass is 10.4. The lowest BCUT2D eigenvalue weighted by Crippen LogP contribution is -2.62. The van der Waals surface area contributed by atoms with Gasteiger partial charge in [-0.15, -0.1) is 0 Å². The van der Waals surface area contributed by atoms with Gasteiger partial charge < -0.3 is 25.0 Å². The van der Waals surface area contributed by atoms with E-state index >= 15 is 0 Å². The molecule has 0 bridgehead atoms. The van der Waals surface area contributed by atoms with Gasteiger partial charge >= 0.3 is 48.8 Å². The third kappa shape index (κ3) is 12.0. The van der Waals surface area contributed by atoms with Crippen LogP contribution in [0.4, 0.5) is 0 Å². The van der Waals surface area contributed by atoms with E-state index in [0.717, 1.165) is 0 Å². The van der Waals surface area contributed by atoms with Gasteiger partial charge in [0.05, 0.1) is 0 Å². The third-order valence-electron chi connectivity index (χ3n) is 4.64. The molecule has 0 heterocycles. The molecule has 202 valence electrons. The highest BCUT2D eigenvalue weighted by molar-refractivity contribution is 6.91. The Hall–Kier alpha value is 0.311. The summed E-state index contributed by atoms with van der Waals surface area (Å²) in [5, 5.41) is 0. The summed E-state index contributed by atoms with van der Waals surface area (Å²) in [6.45, 7) is 36.5. The molecule has 13 heteroatoms. The Morgan fingerprint density at radius 2 is 0.882 bits per heavy atom. The minimum Gasteiger partial charge on any atom is -0.491 e. The van der Waals surface area contributed by atoms with Crippen molar-refractivity contribution in [2.75, 3.05) is 0 Å². The molecule has 0 aliphatic carbocycles. The number of carbonyl (C=O) groups excluding carboxylic acids is 1. The fourth-order valence-electron chi connectivity index (χ4n) is 4.37. The van der Waals surface area contributed by atoms with Gasteiger partial charge in [-0.25, -0.2) is 4.79 Å². The van der Waals surface area contributed by atoms with Crippen LogP contribution in [-0.4, -0.2) is 57.1 Å². The third-order valence-corrected chi connectivity index (χ3v) is 27.8. The monoisotopic (exact) mass is 584 g/mol. The average molecular weight is 585 g/mol. The van der Waals surface area contributed by atoms with E-state index in [1.165, 1.54) is 0 Å². The topological polar surface area (TPSA) is 72.5 Å². The summed E-state index contributed by atoms with van der Waals surface area (Å²) in [4.78, 5) is 12.5. The normalized spacial score (nSPS) is 14.6. The molecule has 0 aliphatic rings. The summed E-state index contributed by atoms with van der Waals surface area (Å²) in [6, 6.07) is 0. The maximum absolute atomic E-state index is 12.5. The van der Waals surface area contributed by atoms with Crippen molar-refractivity contribution >= 4 is 57.1 Å². The molecular formula is C21H52O7Si6. The molecule has 7 nitrogen and oxygen atoms in total.